The zero-order chi connectivity index (χ0) is 28.1. The Morgan fingerprint density at radius 3 is 2.00 bits per heavy atom. The zero-order valence-electron chi connectivity index (χ0n) is 24.3. The van der Waals surface area contributed by atoms with Gasteiger partial charge in [-0.25, -0.2) is 0 Å². The van der Waals surface area contributed by atoms with Crippen LogP contribution in [0.4, 0.5) is 0 Å². The van der Waals surface area contributed by atoms with Gasteiger partial charge in [-0.1, -0.05) is 138 Å². The van der Waals surface area contributed by atoms with E-state index in [4.69, 9.17) is 0 Å². The van der Waals surface area contributed by atoms with E-state index in [1.807, 2.05) is 24.3 Å². The number of rotatable bonds is 2. The summed E-state index contributed by atoms with van der Waals surface area (Å²) < 4.78 is 1.13. The van der Waals surface area contributed by atoms with Crippen molar-refractivity contribution in [1.29, 1.82) is 0 Å². The molecule has 198 valence electrons. The first kappa shape index (κ1) is 26.3. The molecule has 0 amide bonds. The fourth-order valence-corrected chi connectivity index (χ4v) is 7.59. The number of carbonyl (C=O) groups is 1. The van der Waals surface area contributed by atoms with Gasteiger partial charge in [0, 0.05) is 26.4 Å². The largest absolute Gasteiger partial charge is 0.289 e. The summed E-state index contributed by atoms with van der Waals surface area (Å²) in [6, 6.07) is 14.3. The number of Topliss-reactive ketones (excluding diaryl/α,β-unsaturated/α-hetero) is 1. The molecule has 2 aromatic rings. The summed E-state index contributed by atoms with van der Waals surface area (Å²) in [7, 11) is 0. The van der Waals surface area contributed by atoms with Crippen molar-refractivity contribution in [2.75, 3.05) is 0 Å². The van der Waals surface area contributed by atoms with Crippen molar-refractivity contribution in [3.63, 3.8) is 0 Å². The quantitative estimate of drug-likeness (QED) is 0.325. The van der Waals surface area contributed by atoms with E-state index in [1.165, 1.54) is 27.9 Å². The smallest absolute Gasteiger partial charge is 0.193 e. The third-order valence-electron chi connectivity index (χ3n) is 9.59. The maximum atomic E-state index is 14.7. The number of benzene rings is 2. The molecule has 0 saturated carbocycles. The maximum Gasteiger partial charge on any atom is 0.193 e. The number of hydrogen-bond acceptors (Lipinski definition) is 1. The molecule has 0 spiro atoms. The molecule has 0 aromatic heterocycles. The molecule has 2 aromatic carbocycles. The second kappa shape index (κ2) is 8.27. The van der Waals surface area contributed by atoms with Crippen molar-refractivity contribution < 1.29 is 4.79 Å². The Hall–Kier alpha value is -2.97. The first-order valence-corrected chi connectivity index (χ1v) is 14.7. The molecule has 39 heavy (non-hydrogen) atoms. The lowest BCUT2D eigenvalue weighted by atomic mass is 9.44. The van der Waals surface area contributed by atoms with Crippen molar-refractivity contribution >= 4 is 32.5 Å². The van der Waals surface area contributed by atoms with Gasteiger partial charge < -0.3 is 0 Å². The predicted octanol–water partition coefficient (Wildman–Crippen LogP) is 10.4. The van der Waals surface area contributed by atoms with E-state index in [0.29, 0.717) is 0 Å². The summed E-state index contributed by atoms with van der Waals surface area (Å²) in [5.41, 5.74) is 8.24. The lowest BCUT2D eigenvalue weighted by Crippen LogP contribution is -2.50. The fourth-order valence-electron chi connectivity index (χ4n) is 6.83. The number of allylic oxidation sites excluding steroid dienone is 14. The number of carbonyl (C=O) groups excluding carboxylic acids is 1. The Morgan fingerprint density at radius 2 is 1.31 bits per heavy atom. The molecular weight excluding hydrogens is 540 g/mol. The molecule has 0 saturated heterocycles. The summed E-state index contributed by atoms with van der Waals surface area (Å²) in [6.45, 7) is 18.3. The van der Waals surface area contributed by atoms with E-state index in [2.05, 4.69) is 126 Å². The van der Waals surface area contributed by atoms with Gasteiger partial charge >= 0.3 is 0 Å². The molecular formula is C37H37BrO. The molecule has 1 nitrogen and oxygen atoms in total. The summed E-state index contributed by atoms with van der Waals surface area (Å²) >= 11 is 3.99. The summed E-state index contributed by atoms with van der Waals surface area (Å²) in [5.74, 6) is 0.0961. The summed E-state index contributed by atoms with van der Waals surface area (Å²) in [5, 5.41) is 2.09. The molecule has 2 atom stereocenters. The highest BCUT2D eigenvalue weighted by molar-refractivity contribution is 9.11. The van der Waals surface area contributed by atoms with Crippen LogP contribution >= 0.6 is 15.9 Å². The van der Waals surface area contributed by atoms with Crippen LogP contribution in [0.2, 0.25) is 0 Å². The highest BCUT2D eigenvalue weighted by Gasteiger charge is 2.60. The lowest BCUT2D eigenvalue weighted by molar-refractivity contribution is 0.102. The third-order valence-corrected chi connectivity index (χ3v) is 10.3. The van der Waals surface area contributed by atoms with E-state index in [9.17, 15) is 4.79 Å². The molecule has 0 unspecified atom stereocenters. The van der Waals surface area contributed by atoms with E-state index >= 15 is 0 Å². The predicted molar refractivity (Wildman–Crippen MR) is 168 cm³/mol. The van der Waals surface area contributed by atoms with Gasteiger partial charge in [-0.2, -0.15) is 0 Å². The highest BCUT2D eigenvalue weighted by Crippen LogP contribution is 2.69. The van der Waals surface area contributed by atoms with Crippen LogP contribution in [0.15, 0.2) is 122 Å². The molecule has 2 heteroatoms. The Kier molecular flexibility index (Phi) is 5.57. The molecule has 4 aliphatic carbocycles. The SMILES string of the molecule is CC(C)(C)C1=CC2=CC(Br)=C3C=C(C(C)(C)C)C=C4C=C(C(=O)c5cccc6ccccc56)C(=C1)[C@@]2(C)[C@]43C. The molecule has 0 aliphatic heterocycles. The monoisotopic (exact) mass is 576 g/mol. The minimum absolute atomic E-state index is 0.0187. The minimum atomic E-state index is -0.384. The lowest BCUT2D eigenvalue weighted by Gasteiger charge is -2.58. The van der Waals surface area contributed by atoms with Crippen LogP contribution in [0.25, 0.3) is 10.8 Å². The minimum Gasteiger partial charge on any atom is -0.289 e. The summed E-state index contributed by atoms with van der Waals surface area (Å²) in [6.07, 6.45) is 14.0. The topological polar surface area (TPSA) is 17.1 Å². The van der Waals surface area contributed by atoms with Crippen LogP contribution in [0.1, 0.15) is 65.7 Å². The zero-order valence-corrected chi connectivity index (χ0v) is 25.9. The normalized spacial score (nSPS) is 26.2. The molecule has 0 fully saturated rings. The maximum absolute atomic E-state index is 14.7. The van der Waals surface area contributed by atoms with E-state index < -0.39 is 0 Å². The van der Waals surface area contributed by atoms with Gasteiger partial charge in [-0.15, -0.1) is 0 Å². The number of fused-ring (bicyclic) bond motifs is 1. The second-order valence-corrected chi connectivity index (χ2v) is 14.7. The van der Waals surface area contributed by atoms with Gasteiger partial charge in [-0.05, 0) is 67.2 Å². The van der Waals surface area contributed by atoms with Crippen molar-refractivity contribution in [3.05, 3.63) is 128 Å². The van der Waals surface area contributed by atoms with Crippen LogP contribution in [-0.2, 0) is 0 Å². The standard InChI is InChI=1S/C37H37BrO/c1-34(2,3)23-17-26-21-32(38)31-20-24(35(4,5)6)16-25-18-29(30(19-23)36(26,7)37(25,31)8)33(39)28-15-11-13-22-12-9-10-14-27(22)28/h9-21H,1-8H3/t36-,37+/m0/s1. The second-order valence-electron chi connectivity index (χ2n) is 13.9. The molecule has 6 rings (SSSR count). The number of halogens is 1. The first-order valence-electron chi connectivity index (χ1n) is 13.9. The highest BCUT2D eigenvalue weighted by atomic mass is 79.9. The van der Waals surface area contributed by atoms with Gasteiger partial charge in [0.1, 0.15) is 0 Å². The Bertz CT molecular complexity index is 1690. The molecule has 0 bridgehead atoms. The number of ketones is 1. The number of hydrogen-bond donors (Lipinski definition) is 0. The van der Waals surface area contributed by atoms with E-state index in [1.54, 1.807) is 0 Å². The van der Waals surface area contributed by atoms with Crippen LogP contribution in [0, 0.1) is 21.7 Å². The Morgan fingerprint density at radius 1 is 0.692 bits per heavy atom. The van der Waals surface area contributed by atoms with Crippen LogP contribution in [-0.4, -0.2) is 5.78 Å². The van der Waals surface area contributed by atoms with E-state index in [0.717, 1.165) is 32.0 Å². The van der Waals surface area contributed by atoms with Gasteiger partial charge in [0.15, 0.2) is 5.78 Å². The van der Waals surface area contributed by atoms with Crippen molar-refractivity contribution in [3.8, 4) is 0 Å². The fraction of sp³-hybridized carbons (Fsp3) is 0.324. The van der Waals surface area contributed by atoms with Crippen molar-refractivity contribution in [2.24, 2.45) is 21.7 Å². The van der Waals surface area contributed by atoms with Crippen LogP contribution in [0.3, 0.4) is 0 Å². The average molecular weight is 578 g/mol. The van der Waals surface area contributed by atoms with Gasteiger partial charge in [0.2, 0.25) is 0 Å². The molecule has 4 aliphatic rings. The van der Waals surface area contributed by atoms with Gasteiger partial charge in [0.05, 0.1) is 0 Å². The molecule has 0 N–H and O–H groups in total. The van der Waals surface area contributed by atoms with Crippen molar-refractivity contribution in [1.82, 2.24) is 0 Å². The van der Waals surface area contributed by atoms with Crippen molar-refractivity contribution in [2.45, 2.75) is 55.4 Å². The third kappa shape index (κ3) is 3.60. The van der Waals surface area contributed by atoms with Gasteiger partial charge in [0.25, 0.3) is 0 Å². The molecule has 0 heterocycles. The Labute approximate surface area is 241 Å². The van der Waals surface area contributed by atoms with Gasteiger partial charge in [-0.3, -0.25) is 4.79 Å². The first-order chi connectivity index (χ1) is 18.2. The van der Waals surface area contributed by atoms with Crippen LogP contribution < -0.4 is 0 Å². The van der Waals surface area contributed by atoms with Crippen LogP contribution in [0.5, 0.6) is 0 Å². The Balaban J connectivity index is 1.70. The van der Waals surface area contributed by atoms with E-state index in [-0.39, 0.29) is 27.4 Å². The molecule has 0 radical (unpaired) electrons. The average Bonchev–Trinajstić information content (AvgIpc) is 2.86. The summed E-state index contributed by atoms with van der Waals surface area (Å²) in [4.78, 5) is 14.7.